The van der Waals surface area contributed by atoms with Gasteiger partial charge in [0.1, 0.15) is 17.3 Å². The predicted molar refractivity (Wildman–Crippen MR) is 90.4 cm³/mol. The van der Waals surface area contributed by atoms with Gasteiger partial charge in [0.15, 0.2) is 0 Å². The Labute approximate surface area is 132 Å². The van der Waals surface area contributed by atoms with Crippen molar-refractivity contribution in [2.45, 2.75) is 13.3 Å². The molecule has 0 saturated heterocycles. The highest BCUT2D eigenvalue weighted by Crippen LogP contribution is 2.21. The van der Waals surface area contributed by atoms with Crippen molar-refractivity contribution < 1.29 is 9.53 Å². The van der Waals surface area contributed by atoms with E-state index in [0.29, 0.717) is 11.4 Å². The van der Waals surface area contributed by atoms with Crippen LogP contribution in [-0.2, 0) is 6.42 Å². The van der Waals surface area contributed by atoms with Crippen LogP contribution in [0.1, 0.15) is 22.2 Å². The molecule has 0 aliphatic carbocycles. The smallest absolute Gasteiger partial charge is 0.266 e. The van der Waals surface area contributed by atoms with Crippen LogP contribution in [0.5, 0.6) is 5.75 Å². The van der Waals surface area contributed by atoms with Crippen LogP contribution >= 0.6 is 23.6 Å². The quantitative estimate of drug-likeness (QED) is 0.802. The number of thiophene rings is 1. The average Bonchev–Trinajstić information content (AvgIpc) is 2.94. The highest BCUT2D eigenvalue weighted by Gasteiger charge is 2.12. The molecule has 0 saturated carbocycles. The monoisotopic (exact) mass is 320 g/mol. The van der Waals surface area contributed by atoms with Crippen molar-refractivity contribution in [3.63, 3.8) is 0 Å². The Morgan fingerprint density at radius 1 is 1.43 bits per heavy atom. The second-order valence-corrected chi connectivity index (χ2v) is 5.81. The van der Waals surface area contributed by atoms with E-state index in [0.717, 1.165) is 16.9 Å². The topological polar surface area (TPSA) is 64.3 Å². The molecule has 0 unspecified atom stereocenters. The summed E-state index contributed by atoms with van der Waals surface area (Å²) in [4.78, 5) is 13.3. The highest BCUT2D eigenvalue weighted by atomic mass is 32.1. The fourth-order valence-electron chi connectivity index (χ4n) is 1.82. The first kappa shape index (κ1) is 15.5. The SMILES string of the molecule is CCc1ccsc1C(=O)Nc1cccc(OCC(N)=S)c1. The van der Waals surface area contributed by atoms with Gasteiger partial charge in [0.25, 0.3) is 5.91 Å². The van der Waals surface area contributed by atoms with Crippen LogP contribution in [0.15, 0.2) is 35.7 Å². The molecule has 1 heterocycles. The van der Waals surface area contributed by atoms with Gasteiger partial charge in [-0.05, 0) is 35.6 Å². The molecule has 6 heteroatoms. The van der Waals surface area contributed by atoms with E-state index in [1.807, 2.05) is 24.4 Å². The van der Waals surface area contributed by atoms with Crippen LogP contribution in [0.2, 0.25) is 0 Å². The molecular formula is C15H16N2O2S2. The minimum Gasteiger partial charge on any atom is -0.486 e. The van der Waals surface area contributed by atoms with E-state index < -0.39 is 0 Å². The molecule has 0 aliphatic rings. The number of aryl methyl sites for hydroxylation is 1. The number of carbonyl (C=O) groups is 1. The summed E-state index contributed by atoms with van der Waals surface area (Å²) in [5.74, 6) is 0.510. The normalized spacial score (nSPS) is 10.1. The van der Waals surface area contributed by atoms with Crippen molar-refractivity contribution >= 4 is 40.1 Å². The van der Waals surface area contributed by atoms with E-state index in [1.54, 1.807) is 18.2 Å². The number of nitrogens with one attached hydrogen (secondary N) is 1. The molecule has 0 bridgehead atoms. The summed E-state index contributed by atoms with van der Waals surface area (Å²) in [6.45, 7) is 2.21. The Hall–Kier alpha value is -1.92. The number of ether oxygens (including phenoxy) is 1. The van der Waals surface area contributed by atoms with E-state index >= 15 is 0 Å². The number of rotatable bonds is 6. The molecule has 0 atom stereocenters. The minimum absolute atomic E-state index is 0.103. The van der Waals surface area contributed by atoms with Gasteiger partial charge in [0, 0.05) is 11.8 Å². The third kappa shape index (κ3) is 4.27. The van der Waals surface area contributed by atoms with Crippen molar-refractivity contribution in [1.29, 1.82) is 0 Å². The second-order valence-electron chi connectivity index (χ2n) is 4.37. The lowest BCUT2D eigenvalue weighted by atomic mass is 10.2. The van der Waals surface area contributed by atoms with Crippen LogP contribution in [0.3, 0.4) is 0 Å². The van der Waals surface area contributed by atoms with E-state index in [4.69, 9.17) is 22.7 Å². The standard InChI is InChI=1S/C15H16N2O2S2/c1-2-10-6-7-21-14(10)15(18)17-11-4-3-5-12(8-11)19-9-13(16)20/h3-8H,2,9H2,1H3,(H2,16,20)(H,17,18). The molecule has 4 nitrogen and oxygen atoms in total. The fraction of sp³-hybridized carbons (Fsp3) is 0.200. The summed E-state index contributed by atoms with van der Waals surface area (Å²) < 4.78 is 5.41. The van der Waals surface area contributed by atoms with Crippen LogP contribution in [0, 0.1) is 0 Å². The Bertz CT molecular complexity index is 653. The van der Waals surface area contributed by atoms with Crippen LogP contribution < -0.4 is 15.8 Å². The van der Waals surface area contributed by atoms with Gasteiger partial charge in [-0.25, -0.2) is 0 Å². The third-order valence-electron chi connectivity index (χ3n) is 2.81. The van der Waals surface area contributed by atoms with Gasteiger partial charge >= 0.3 is 0 Å². The number of anilines is 1. The summed E-state index contributed by atoms with van der Waals surface area (Å²) in [5.41, 5.74) is 7.12. The molecule has 2 rings (SSSR count). The Balaban J connectivity index is 2.07. The molecule has 0 spiro atoms. The van der Waals surface area contributed by atoms with E-state index in [1.165, 1.54) is 11.3 Å². The molecule has 0 radical (unpaired) electrons. The molecule has 0 fully saturated rings. The first-order valence-corrected chi connectivity index (χ1v) is 7.78. The van der Waals surface area contributed by atoms with Crippen LogP contribution in [0.25, 0.3) is 0 Å². The van der Waals surface area contributed by atoms with Gasteiger partial charge in [-0.3, -0.25) is 4.79 Å². The van der Waals surface area contributed by atoms with Gasteiger partial charge in [0.05, 0.1) is 4.88 Å². The van der Waals surface area contributed by atoms with Gasteiger partial charge in [-0.1, -0.05) is 25.2 Å². The summed E-state index contributed by atoms with van der Waals surface area (Å²) in [6.07, 6.45) is 0.837. The molecule has 1 aromatic carbocycles. The maximum absolute atomic E-state index is 12.3. The molecule has 1 aromatic heterocycles. The van der Waals surface area contributed by atoms with Crippen molar-refractivity contribution in [2.24, 2.45) is 5.73 Å². The average molecular weight is 320 g/mol. The zero-order valence-corrected chi connectivity index (χ0v) is 13.2. The van der Waals surface area contributed by atoms with Crippen molar-refractivity contribution in [3.05, 3.63) is 46.2 Å². The lowest BCUT2D eigenvalue weighted by Crippen LogP contribution is -2.18. The van der Waals surface area contributed by atoms with Crippen LogP contribution in [-0.4, -0.2) is 17.5 Å². The molecule has 2 aromatic rings. The Morgan fingerprint density at radius 2 is 2.24 bits per heavy atom. The lowest BCUT2D eigenvalue weighted by Gasteiger charge is -2.08. The van der Waals surface area contributed by atoms with Crippen molar-refractivity contribution in [1.82, 2.24) is 0 Å². The summed E-state index contributed by atoms with van der Waals surface area (Å²) in [6, 6.07) is 9.12. The predicted octanol–water partition coefficient (Wildman–Crippen LogP) is 3.23. The molecule has 3 N–H and O–H groups in total. The Kier molecular flexibility index (Phi) is 5.30. The van der Waals surface area contributed by atoms with Gasteiger partial charge < -0.3 is 15.8 Å². The maximum Gasteiger partial charge on any atom is 0.266 e. The number of hydrogen-bond acceptors (Lipinski definition) is 4. The molecule has 0 aliphatic heterocycles. The van der Waals surface area contributed by atoms with E-state index in [-0.39, 0.29) is 17.5 Å². The van der Waals surface area contributed by atoms with Gasteiger partial charge in [-0.2, -0.15) is 0 Å². The van der Waals surface area contributed by atoms with Gasteiger partial charge in [0.2, 0.25) is 0 Å². The third-order valence-corrected chi connectivity index (χ3v) is 3.88. The molecular weight excluding hydrogens is 304 g/mol. The summed E-state index contributed by atoms with van der Waals surface area (Å²) >= 11 is 6.21. The fourth-order valence-corrected chi connectivity index (χ4v) is 2.77. The summed E-state index contributed by atoms with van der Waals surface area (Å²) in [7, 11) is 0. The number of thiocarbonyl (C=S) groups is 1. The summed E-state index contributed by atoms with van der Waals surface area (Å²) in [5, 5.41) is 4.80. The number of benzene rings is 1. The molecule has 110 valence electrons. The number of nitrogens with two attached hydrogens (primary N) is 1. The Morgan fingerprint density at radius 3 is 2.95 bits per heavy atom. The van der Waals surface area contributed by atoms with E-state index in [2.05, 4.69) is 5.32 Å². The number of hydrogen-bond donors (Lipinski definition) is 2. The number of carbonyl (C=O) groups excluding carboxylic acids is 1. The number of amides is 1. The second kappa shape index (κ2) is 7.19. The molecule has 1 amide bonds. The largest absolute Gasteiger partial charge is 0.486 e. The maximum atomic E-state index is 12.3. The van der Waals surface area contributed by atoms with Crippen LogP contribution in [0.4, 0.5) is 5.69 Å². The zero-order chi connectivity index (χ0) is 15.2. The van der Waals surface area contributed by atoms with E-state index in [9.17, 15) is 4.79 Å². The molecule has 21 heavy (non-hydrogen) atoms. The first-order valence-electron chi connectivity index (χ1n) is 6.49. The minimum atomic E-state index is -0.103. The first-order chi connectivity index (χ1) is 10.1. The van der Waals surface area contributed by atoms with Gasteiger partial charge in [-0.15, -0.1) is 11.3 Å². The van der Waals surface area contributed by atoms with Crippen molar-refractivity contribution in [2.75, 3.05) is 11.9 Å². The van der Waals surface area contributed by atoms with Crippen molar-refractivity contribution in [3.8, 4) is 5.75 Å². The lowest BCUT2D eigenvalue weighted by molar-refractivity contribution is 0.103. The zero-order valence-electron chi connectivity index (χ0n) is 11.6. The highest BCUT2D eigenvalue weighted by molar-refractivity contribution is 7.80.